The SMILES string of the molecule is CC(=O)NC1CCC(CCN2CCN(c3ccc(C)nc3)CC2)CC1. The van der Waals surface area contributed by atoms with Gasteiger partial charge in [-0.05, 0) is 63.6 Å². The Hall–Kier alpha value is -1.62. The van der Waals surface area contributed by atoms with Crippen LogP contribution in [0.3, 0.4) is 0 Å². The van der Waals surface area contributed by atoms with Crippen LogP contribution in [-0.4, -0.2) is 54.6 Å². The van der Waals surface area contributed by atoms with Gasteiger partial charge in [-0.1, -0.05) is 0 Å². The number of hydrogen-bond acceptors (Lipinski definition) is 4. The van der Waals surface area contributed by atoms with Crippen molar-refractivity contribution in [2.75, 3.05) is 37.6 Å². The van der Waals surface area contributed by atoms with Crippen LogP contribution in [0.25, 0.3) is 0 Å². The van der Waals surface area contributed by atoms with Crippen LogP contribution in [0.2, 0.25) is 0 Å². The topological polar surface area (TPSA) is 48.5 Å². The monoisotopic (exact) mass is 344 g/mol. The summed E-state index contributed by atoms with van der Waals surface area (Å²) in [5.41, 5.74) is 2.33. The second kappa shape index (κ2) is 8.65. The van der Waals surface area contributed by atoms with E-state index in [2.05, 4.69) is 32.2 Å². The highest BCUT2D eigenvalue weighted by Gasteiger charge is 2.23. The maximum Gasteiger partial charge on any atom is 0.217 e. The molecule has 2 fully saturated rings. The maximum absolute atomic E-state index is 11.1. The van der Waals surface area contributed by atoms with Crippen molar-refractivity contribution in [3.63, 3.8) is 0 Å². The van der Waals surface area contributed by atoms with Crippen LogP contribution in [-0.2, 0) is 4.79 Å². The Labute approximate surface area is 151 Å². The first-order chi connectivity index (χ1) is 12.1. The largest absolute Gasteiger partial charge is 0.368 e. The van der Waals surface area contributed by atoms with Crippen molar-refractivity contribution in [3.8, 4) is 0 Å². The number of aryl methyl sites for hydroxylation is 1. The summed E-state index contributed by atoms with van der Waals surface area (Å²) in [5, 5.41) is 3.07. The molecule has 1 N–H and O–H groups in total. The Balaban J connectivity index is 1.34. The van der Waals surface area contributed by atoms with Crippen molar-refractivity contribution in [3.05, 3.63) is 24.0 Å². The number of nitrogens with one attached hydrogen (secondary N) is 1. The lowest BCUT2D eigenvalue weighted by Crippen LogP contribution is -2.47. The molecule has 1 amide bonds. The van der Waals surface area contributed by atoms with Gasteiger partial charge >= 0.3 is 0 Å². The van der Waals surface area contributed by atoms with Gasteiger partial charge in [0.15, 0.2) is 0 Å². The molecule has 0 unspecified atom stereocenters. The van der Waals surface area contributed by atoms with Crippen LogP contribution in [0.4, 0.5) is 5.69 Å². The molecule has 1 aliphatic carbocycles. The molecule has 2 heterocycles. The number of amides is 1. The average molecular weight is 345 g/mol. The number of rotatable bonds is 5. The standard InChI is InChI=1S/C20H32N4O/c1-16-3-8-20(15-21-16)24-13-11-23(12-14-24)10-9-18-4-6-19(7-5-18)22-17(2)25/h3,8,15,18-19H,4-7,9-14H2,1-2H3,(H,22,25). The number of pyridine rings is 1. The Morgan fingerprint density at radius 1 is 1.16 bits per heavy atom. The molecule has 25 heavy (non-hydrogen) atoms. The summed E-state index contributed by atoms with van der Waals surface area (Å²) in [7, 11) is 0. The fourth-order valence-electron chi connectivity index (χ4n) is 4.12. The van der Waals surface area contributed by atoms with E-state index in [1.807, 2.05) is 13.1 Å². The summed E-state index contributed by atoms with van der Waals surface area (Å²) in [5.74, 6) is 0.953. The third kappa shape index (κ3) is 5.43. The van der Waals surface area contributed by atoms with Crippen LogP contribution >= 0.6 is 0 Å². The van der Waals surface area contributed by atoms with Crippen molar-refractivity contribution in [1.29, 1.82) is 0 Å². The van der Waals surface area contributed by atoms with Gasteiger partial charge in [0, 0.05) is 44.8 Å². The molecular weight excluding hydrogens is 312 g/mol. The maximum atomic E-state index is 11.1. The summed E-state index contributed by atoms with van der Waals surface area (Å²) in [4.78, 5) is 20.6. The van der Waals surface area contributed by atoms with E-state index in [4.69, 9.17) is 0 Å². The minimum absolute atomic E-state index is 0.116. The molecule has 2 aliphatic rings. The average Bonchev–Trinajstić information content (AvgIpc) is 2.62. The van der Waals surface area contributed by atoms with E-state index in [0.29, 0.717) is 6.04 Å². The lowest BCUT2D eigenvalue weighted by molar-refractivity contribution is -0.119. The van der Waals surface area contributed by atoms with Gasteiger partial charge in [0.25, 0.3) is 0 Å². The predicted molar refractivity (Wildman–Crippen MR) is 102 cm³/mol. The van der Waals surface area contributed by atoms with E-state index in [0.717, 1.165) is 50.6 Å². The summed E-state index contributed by atoms with van der Waals surface area (Å²) >= 11 is 0. The Bertz CT molecular complexity index is 543. The van der Waals surface area contributed by atoms with Gasteiger partial charge in [-0.2, -0.15) is 0 Å². The molecule has 5 heteroatoms. The van der Waals surface area contributed by atoms with Crippen molar-refractivity contribution in [2.24, 2.45) is 5.92 Å². The second-order valence-corrected chi connectivity index (χ2v) is 7.69. The lowest BCUT2D eigenvalue weighted by atomic mass is 9.84. The van der Waals surface area contributed by atoms with Crippen molar-refractivity contribution in [2.45, 2.75) is 52.0 Å². The van der Waals surface area contributed by atoms with Crippen molar-refractivity contribution >= 4 is 11.6 Å². The quantitative estimate of drug-likeness (QED) is 0.892. The fourth-order valence-corrected chi connectivity index (χ4v) is 4.12. The molecule has 1 saturated heterocycles. The van der Waals surface area contributed by atoms with Gasteiger partial charge in [-0.25, -0.2) is 0 Å². The highest BCUT2D eigenvalue weighted by Crippen LogP contribution is 2.27. The molecule has 1 aromatic heterocycles. The Kier molecular flexibility index (Phi) is 6.29. The molecule has 1 aliphatic heterocycles. The molecule has 0 spiro atoms. The zero-order chi connectivity index (χ0) is 17.6. The number of aromatic nitrogens is 1. The summed E-state index contributed by atoms with van der Waals surface area (Å²) in [6.07, 6.45) is 8.13. The first-order valence-corrected chi connectivity index (χ1v) is 9.77. The summed E-state index contributed by atoms with van der Waals surface area (Å²) in [6, 6.07) is 4.70. The van der Waals surface area contributed by atoms with E-state index in [-0.39, 0.29) is 5.91 Å². The Morgan fingerprint density at radius 3 is 2.48 bits per heavy atom. The number of piperazine rings is 1. The molecule has 138 valence electrons. The van der Waals surface area contributed by atoms with Gasteiger partial charge in [0.05, 0.1) is 11.9 Å². The molecule has 5 nitrogen and oxygen atoms in total. The van der Waals surface area contributed by atoms with Crippen LogP contribution in [0, 0.1) is 12.8 Å². The normalized spacial score (nSPS) is 25.0. The highest BCUT2D eigenvalue weighted by atomic mass is 16.1. The summed E-state index contributed by atoms with van der Waals surface area (Å²) in [6.45, 7) is 9.36. The number of hydrogen-bond donors (Lipinski definition) is 1. The summed E-state index contributed by atoms with van der Waals surface area (Å²) < 4.78 is 0. The smallest absolute Gasteiger partial charge is 0.217 e. The minimum Gasteiger partial charge on any atom is -0.368 e. The molecule has 0 radical (unpaired) electrons. The highest BCUT2D eigenvalue weighted by molar-refractivity contribution is 5.73. The molecule has 0 aromatic carbocycles. The van der Waals surface area contributed by atoms with Crippen molar-refractivity contribution < 1.29 is 4.79 Å². The van der Waals surface area contributed by atoms with Crippen LogP contribution in [0.15, 0.2) is 18.3 Å². The number of carbonyl (C=O) groups is 1. The predicted octanol–water partition coefficient (Wildman–Crippen LogP) is 2.60. The van der Waals surface area contributed by atoms with E-state index in [1.165, 1.54) is 31.5 Å². The Morgan fingerprint density at radius 2 is 1.88 bits per heavy atom. The third-order valence-electron chi connectivity index (χ3n) is 5.74. The van der Waals surface area contributed by atoms with E-state index < -0.39 is 0 Å². The van der Waals surface area contributed by atoms with Gasteiger partial charge in [0.2, 0.25) is 5.91 Å². The molecule has 0 atom stereocenters. The molecule has 1 aromatic rings. The third-order valence-corrected chi connectivity index (χ3v) is 5.74. The fraction of sp³-hybridized carbons (Fsp3) is 0.700. The molecular formula is C20H32N4O. The van der Waals surface area contributed by atoms with Crippen LogP contribution in [0.1, 0.15) is 44.7 Å². The van der Waals surface area contributed by atoms with Crippen LogP contribution < -0.4 is 10.2 Å². The van der Waals surface area contributed by atoms with Crippen LogP contribution in [0.5, 0.6) is 0 Å². The molecule has 0 bridgehead atoms. The molecule has 3 rings (SSSR count). The van der Waals surface area contributed by atoms with E-state index in [9.17, 15) is 4.79 Å². The number of nitrogens with zero attached hydrogens (tertiary/aromatic N) is 3. The van der Waals surface area contributed by atoms with Gasteiger partial charge < -0.3 is 10.2 Å². The van der Waals surface area contributed by atoms with E-state index in [1.54, 1.807) is 6.92 Å². The second-order valence-electron chi connectivity index (χ2n) is 7.69. The first kappa shape index (κ1) is 18.2. The minimum atomic E-state index is 0.116. The van der Waals surface area contributed by atoms with Gasteiger partial charge in [-0.3, -0.25) is 14.7 Å². The first-order valence-electron chi connectivity index (χ1n) is 9.77. The zero-order valence-corrected chi connectivity index (χ0v) is 15.7. The van der Waals surface area contributed by atoms with E-state index >= 15 is 0 Å². The zero-order valence-electron chi connectivity index (χ0n) is 15.7. The lowest BCUT2D eigenvalue weighted by Gasteiger charge is -2.37. The molecule has 1 saturated carbocycles. The van der Waals surface area contributed by atoms with Gasteiger partial charge in [0.1, 0.15) is 0 Å². The van der Waals surface area contributed by atoms with Crippen molar-refractivity contribution in [1.82, 2.24) is 15.2 Å². The van der Waals surface area contributed by atoms with Gasteiger partial charge in [-0.15, -0.1) is 0 Å². The number of anilines is 1. The number of carbonyl (C=O) groups excluding carboxylic acids is 1.